The number of nitrogens with zero attached hydrogens (tertiary/aromatic N) is 1. The normalized spacial score (nSPS) is 43.8. The molecule has 4 heterocycles. The summed E-state index contributed by atoms with van der Waals surface area (Å²) in [6.07, 6.45) is -0.550. The molecular formula is C11H13N2O8P. The van der Waals surface area contributed by atoms with Crippen molar-refractivity contribution in [1.29, 1.82) is 0 Å². The summed E-state index contributed by atoms with van der Waals surface area (Å²) in [7, 11) is -4.16. The zero-order valence-corrected chi connectivity index (χ0v) is 12.1. The van der Waals surface area contributed by atoms with Crippen molar-refractivity contribution in [1.82, 2.24) is 9.55 Å². The van der Waals surface area contributed by atoms with E-state index in [1.165, 1.54) is 16.8 Å². The number of nitrogens with one attached hydrogen (secondary N) is 1. The van der Waals surface area contributed by atoms with Gasteiger partial charge in [0, 0.05) is 18.7 Å². The maximum absolute atomic E-state index is 12.0. The standard InChI is InChI=1S/C11H13N2O8P/c14-7-1-3-13(10(15)12-7)9-11(2-4-18-11)8-6(20-9)5-19-22(16,17)21-8/h1,3,6,8-9H,2,4-5H2,(H,16,17)(H,12,14,15)/t6-,8-,9?,11-/m1/s1. The molecule has 3 aliphatic rings. The number of phosphoric ester groups is 1. The molecule has 3 saturated heterocycles. The molecule has 3 fully saturated rings. The summed E-state index contributed by atoms with van der Waals surface area (Å²) in [5.41, 5.74) is -2.23. The molecule has 0 radical (unpaired) electrons. The van der Waals surface area contributed by atoms with Gasteiger partial charge in [0.05, 0.1) is 13.2 Å². The Kier molecular flexibility index (Phi) is 3.00. The average molecular weight is 332 g/mol. The van der Waals surface area contributed by atoms with E-state index in [1.807, 2.05) is 0 Å². The summed E-state index contributed by atoms with van der Waals surface area (Å²) in [5, 5.41) is 0. The number of hydrogen-bond acceptors (Lipinski definition) is 7. The number of aromatic nitrogens is 2. The van der Waals surface area contributed by atoms with Gasteiger partial charge in [0.15, 0.2) is 6.23 Å². The SMILES string of the molecule is O=c1ccn(C2O[C@@H]3COP(=O)(O)O[C@H]3[C@]23CCO3)c(=O)[nH]1. The summed E-state index contributed by atoms with van der Waals surface area (Å²) in [6.45, 7) is 0.277. The molecule has 120 valence electrons. The Labute approximate surface area is 123 Å². The van der Waals surface area contributed by atoms with Gasteiger partial charge in [-0.25, -0.2) is 9.36 Å². The molecule has 22 heavy (non-hydrogen) atoms. The van der Waals surface area contributed by atoms with E-state index in [1.54, 1.807) is 0 Å². The van der Waals surface area contributed by atoms with Crippen LogP contribution >= 0.6 is 7.82 Å². The van der Waals surface area contributed by atoms with Crippen LogP contribution in [-0.4, -0.2) is 45.5 Å². The first-order valence-corrected chi connectivity index (χ1v) is 8.17. The quantitative estimate of drug-likeness (QED) is 0.634. The van der Waals surface area contributed by atoms with E-state index in [0.717, 1.165) is 0 Å². The van der Waals surface area contributed by atoms with E-state index in [4.69, 9.17) is 18.5 Å². The molecule has 0 aliphatic carbocycles. The highest BCUT2D eigenvalue weighted by atomic mass is 31.2. The number of fused-ring (bicyclic) bond motifs is 2. The van der Waals surface area contributed by atoms with Crippen LogP contribution in [0.2, 0.25) is 0 Å². The molecule has 1 aromatic heterocycles. The summed E-state index contributed by atoms with van der Waals surface area (Å²) >= 11 is 0. The largest absolute Gasteiger partial charge is 0.472 e. The number of hydrogen-bond donors (Lipinski definition) is 2. The van der Waals surface area contributed by atoms with Gasteiger partial charge in [-0.15, -0.1) is 0 Å². The van der Waals surface area contributed by atoms with Crippen LogP contribution < -0.4 is 11.2 Å². The molecule has 2 N–H and O–H groups in total. The summed E-state index contributed by atoms with van der Waals surface area (Å²) in [4.78, 5) is 34.8. The Morgan fingerprint density at radius 3 is 2.86 bits per heavy atom. The van der Waals surface area contributed by atoms with E-state index in [9.17, 15) is 19.0 Å². The minimum absolute atomic E-state index is 0.141. The van der Waals surface area contributed by atoms with Gasteiger partial charge in [-0.1, -0.05) is 0 Å². The summed E-state index contributed by atoms with van der Waals surface area (Å²) < 4.78 is 34.1. The van der Waals surface area contributed by atoms with Gasteiger partial charge >= 0.3 is 13.5 Å². The van der Waals surface area contributed by atoms with Gasteiger partial charge in [-0.2, -0.15) is 0 Å². The second-order valence-corrected chi connectivity index (χ2v) is 6.79. The molecule has 1 aromatic rings. The maximum Gasteiger partial charge on any atom is 0.472 e. The van der Waals surface area contributed by atoms with Gasteiger partial charge in [0.1, 0.15) is 17.8 Å². The third-order valence-corrected chi connectivity index (χ3v) is 5.13. The number of rotatable bonds is 1. The Hall–Kier alpha value is -1.29. The Bertz CT molecular complexity index is 768. The van der Waals surface area contributed by atoms with Crippen LogP contribution in [0.5, 0.6) is 0 Å². The smallest absolute Gasteiger partial charge is 0.367 e. The first-order valence-electron chi connectivity index (χ1n) is 6.68. The van der Waals surface area contributed by atoms with Gasteiger partial charge in [-0.3, -0.25) is 23.4 Å². The van der Waals surface area contributed by atoms with Gasteiger partial charge in [-0.05, 0) is 0 Å². The highest BCUT2D eigenvalue weighted by Gasteiger charge is 2.66. The lowest BCUT2D eigenvalue weighted by Crippen LogP contribution is -2.59. The molecule has 11 heteroatoms. The molecule has 3 aliphatic heterocycles. The van der Waals surface area contributed by atoms with E-state index >= 15 is 0 Å². The van der Waals surface area contributed by atoms with Gasteiger partial charge < -0.3 is 14.4 Å². The van der Waals surface area contributed by atoms with Crippen molar-refractivity contribution in [3.05, 3.63) is 33.1 Å². The van der Waals surface area contributed by atoms with Crippen molar-refractivity contribution in [2.75, 3.05) is 13.2 Å². The van der Waals surface area contributed by atoms with Crippen molar-refractivity contribution in [3.8, 4) is 0 Å². The van der Waals surface area contributed by atoms with E-state index in [2.05, 4.69) is 4.98 Å². The van der Waals surface area contributed by atoms with Crippen molar-refractivity contribution >= 4 is 7.82 Å². The zero-order chi connectivity index (χ0) is 15.5. The number of aromatic amines is 1. The van der Waals surface area contributed by atoms with E-state index < -0.39 is 43.1 Å². The predicted octanol–water partition coefficient (Wildman–Crippen LogP) is -0.891. The second-order valence-electron chi connectivity index (χ2n) is 5.39. The fourth-order valence-corrected chi connectivity index (χ4v) is 4.10. The lowest BCUT2D eigenvalue weighted by molar-refractivity contribution is -0.225. The van der Waals surface area contributed by atoms with Crippen molar-refractivity contribution < 1.29 is 28.0 Å². The minimum atomic E-state index is -4.16. The van der Waals surface area contributed by atoms with Crippen LogP contribution in [0.3, 0.4) is 0 Å². The highest BCUT2D eigenvalue weighted by molar-refractivity contribution is 7.47. The molecule has 0 aromatic carbocycles. The Balaban J connectivity index is 1.76. The van der Waals surface area contributed by atoms with E-state index in [-0.39, 0.29) is 6.61 Å². The van der Waals surface area contributed by atoms with Crippen LogP contribution in [0.15, 0.2) is 21.9 Å². The fourth-order valence-electron chi connectivity index (χ4n) is 3.10. The predicted molar refractivity (Wildman–Crippen MR) is 69.2 cm³/mol. The number of phosphoric acid groups is 1. The van der Waals surface area contributed by atoms with E-state index in [0.29, 0.717) is 13.0 Å². The third-order valence-electron chi connectivity index (χ3n) is 4.16. The molecule has 5 atom stereocenters. The Morgan fingerprint density at radius 1 is 1.45 bits per heavy atom. The summed E-state index contributed by atoms with van der Waals surface area (Å²) in [6, 6.07) is 1.19. The maximum atomic E-state index is 12.0. The molecule has 1 spiro atoms. The third kappa shape index (κ3) is 1.96. The monoisotopic (exact) mass is 332 g/mol. The van der Waals surface area contributed by atoms with Crippen LogP contribution in [0.1, 0.15) is 12.6 Å². The van der Waals surface area contributed by atoms with Crippen LogP contribution in [0.4, 0.5) is 0 Å². The minimum Gasteiger partial charge on any atom is -0.367 e. The molecule has 4 rings (SSSR count). The molecule has 10 nitrogen and oxygen atoms in total. The second kappa shape index (κ2) is 4.60. The summed E-state index contributed by atoms with van der Waals surface area (Å²) in [5.74, 6) is 0. The fraction of sp³-hybridized carbons (Fsp3) is 0.636. The molecule has 0 saturated carbocycles. The van der Waals surface area contributed by atoms with Crippen molar-refractivity contribution in [2.24, 2.45) is 0 Å². The highest BCUT2D eigenvalue weighted by Crippen LogP contribution is 2.58. The molecular weight excluding hydrogens is 319 g/mol. The van der Waals surface area contributed by atoms with Crippen LogP contribution in [0.25, 0.3) is 0 Å². The first kappa shape index (κ1) is 14.3. The van der Waals surface area contributed by atoms with Crippen LogP contribution in [0, 0.1) is 0 Å². The van der Waals surface area contributed by atoms with Crippen molar-refractivity contribution in [3.63, 3.8) is 0 Å². The Morgan fingerprint density at radius 2 is 2.23 bits per heavy atom. The first-order chi connectivity index (χ1) is 10.4. The lowest BCUT2D eigenvalue weighted by Gasteiger charge is -2.46. The average Bonchev–Trinajstić information content (AvgIpc) is 2.71. The van der Waals surface area contributed by atoms with Gasteiger partial charge in [0.2, 0.25) is 0 Å². The van der Waals surface area contributed by atoms with Crippen LogP contribution in [-0.2, 0) is 23.1 Å². The number of ether oxygens (including phenoxy) is 2. The molecule has 0 bridgehead atoms. The topological polar surface area (TPSA) is 129 Å². The van der Waals surface area contributed by atoms with Gasteiger partial charge in [0.25, 0.3) is 5.56 Å². The lowest BCUT2D eigenvalue weighted by atomic mass is 9.86. The zero-order valence-electron chi connectivity index (χ0n) is 11.2. The molecule has 0 amide bonds. The molecule has 2 unspecified atom stereocenters. The van der Waals surface area contributed by atoms with Crippen molar-refractivity contribution in [2.45, 2.75) is 30.5 Å². The number of H-pyrrole nitrogens is 1.